The van der Waals surface area contributed by atoms with Crippen molar-refractivity contribution in [3.8, 4) is 0 Å². The SMILES string of the molecule is C=CCN1C(=O)C(=Cc2cn(C)cc2C(=O)c2ccc(Cl)cc2Cl)C(=O)NC1=S. The molecule has 29 heavy (non-hydrogen) atoms. The molecule has 148 valence electrons. The highest BCUT2D eigenvalue weighted by molar-refractivity contribution is 7.80. The maximum atomic E-state index is 13.0. The number of amides is 2. The molecular formula is C20H15Cl2N3O3S. The van der Waals surface area contributed by atoms with E-state index in [-0.39, 0.29) is 39.2 Å². The fraction of sp³-hybridized carbons (Fsp3) is 0.100. The summed E-state index contributed by atoms with van der Waals surface area (Å²) in [5.74, 6) is -1.56. The highest BCUT2D eigenvalue weighted by Crippen LogP contribution is 2.26. The molecule has 0 unspecified atom stereocenters. The lowest BCUT2D eigenvalue weighted by atomic mass is 10.00. The maximum Gasteiger partial charge on any atom is 0.265 e. The van der Waals surface area contributed by atoms with Crippen LogP contribution in [0.25, 0.3) is 6.08 Å². The third-order valence-electron chi connectivity index (χ3n) is 4.20. The van der Waals surface area contributed by atoms with Gasteiger partial charge in [0.2, 0.25) is 0 Å². The molecule has 0 saturated carbocycles. The van der Waals surface area contributed by atoms with E-state index in [0.29, 0.717) is 10.6 Å². The van der Waals surface area contributed by atoms with Gasteiger partial charge in [0.1, 0.15) is 5.57 Å². The van der Waals surface area contributed by atoms with Gasteiger partial charge in [0.15, 0.2) is 10.9 Å². The summed E-state index contributed by atoms with van der Waals surface area (Å²) in [5, 5.41) is 3.09. The van der Waals surface area contributed by atoms with Crippen molar-refractivity contribution in [3.63, 3.8) is 0 Å². The molecule has 1 saturated heterocycles. The molecule has 2 aromatic rings. The lowest BCUT2D eigenvalue weighted by Crippen LogP contribution is -2.53. The minimum Gasteiger partial charge on any atom is -0.356 e. The third kappa shape index (κ3) is 4.17. The van der Waals surface area contributed by atoms with Crippen LogP contribution in [0.2, 0.25) is 10.0 Å². The molecule has 1 aromatic carbocycles. The van der Waals surface area contributed by atoms with E-state index in [0.717, 1.165) is 0 Å². The number of thiocarbonyl (C=S) groups is 1. The van der Waals surface area contributed by atoms with Gasteiger partial charge in [-0.3, -0.25) is 24.6 Å². The number of ketones is 1. The first-order valence-electron chi connectivity index (χ1n) is 8.38. The van der Waals surface area contributed by atoms with Crippen molar-refractivity contribution in [2.75, 3.05) is 6.54 Å². The summed E-state index contributed by atoms with van der Waals surface area (Å²) in [7, 11) is 1.73. The average molecular weight is 448 g/mol. The van der Waals surface area contributed by atoms with Gasteiger partial charge < -0.3 is 4.57 Å². The van der Waals surface area contributed by atoms with E-state index < -0.39 is 11.8 Å². The van der Waals surface area contributed by atoms with Crippen LogP contribution in [0, 0.1) is 0 Å². The van der Waals surface area contributed by atoms with Gasteiger partial charge in [0.05, 0.1) is 5.02 Å². The van der Waals surface area contributed by atoms with E-state index in [4.69, 9.17) is 35.4 Å². The Labute approximate surface area is 182 Å². The molecule has 1 fully saturated rings. The summed E-state index contributed by atoms with van der Waals surface area (Å²) in [6, 6.07) is 4.57. The Bertz CT molecular complexity index is 1100. The van der Waals surface area contributed by atoms with E-state index in [9.17, 15) is 14.4 Å². The van der Waals surface area contributed by atoms with Crippen LogP contribution in [0.3, 0.4) is 0 Å². The van der Waals surface area contributed by atoms with Crippen molar-refractivity contribution < 1.29 is 14.4 Å². The van der Waals surface area contributed by atoms with Gasteiger partial charge in [0.25, 0.3) is 11.8 Å². The van der Waals surface area contributed by atoms with E-state index >= 15 is 0 Å². The van der Waals surface area contributed by atoms with Gasteiger partial charge in [0, 0.05) is 47.7 Å². The molecule has 2 amide bonds. The normalized spacial score (nSPS) is 15.6. The van der Waals surface area contributed by atoms with Gasteiger partial charge in [-0.05, 0) is 36.5 Å². The summed E-state index contributed by atoms with van der Waals surface area (Å²) in [5.41, 5.74) is 0.806. The summed E-state index contributed by atoms with van der Waals surface area (Å²) < 4.78 is 1.65. The molecule has 3 rings (SSSR count). The van der Waals surface area contributed by atoms with E-state index in [1.54, 1.807) is 30.1 Å². The van der Waals surface area contributed by atoms with Crippen molar-refractivity contribution in [3.05, 3.63) is 75.6 Å². The van der Waals surface area contributed by atoms with Crippen molar-refractivity contribution in [2.45, 2.75) is 0 Å². The molecule has 2 heterocycles. The first kappa shape index (κ1) is 21.0. The quantitative estimate of drug-likeness (QED) is 0.250. The van der Waals surface area contributed by atoms with E-state index in [1.165, 1.54) is 29.2 Å². The monoisotopic (exact) mass is 447 g/mol. The molecule has 6 nitrogen and oxygen atoms in total. The average Bonchev–Trinajstić information content (AvgIpc) is 3.02. The zero-order valence-electron chi connectivity index (χ0n) is 15.2. The molecule has 1 aliphatic heterocycles. The Hall–Kier alpha value is -2.74. The van der Waals surface area contributed by atoms with E-state index in [2.05, 4.69) is 11.9 Å². The minimum absolute atomic E-state index is 0.00866. The predicted molar refractivity (Wildman–Crippen MR) is 116 cm³/mol. The molecular weight excluding hydrogens is 433 g/mol. The second kappa shape index (κ2) is 8.32. The second-order valence-corrected chi connectivity index (χ2v) is 7.50. The highest BCUT2D eigenvalue weighted by atomic mass is 35.5. The molecule has 0 radical (unpaired) electrons. The van der Waals surface area contributed by atoms with Gasteiger partial charge >= 0.3 is 0 Å². The highest BCUT2D eigenvalue weighted by Gasteiger charge is 2.33. The summed E-state index contributed by atoms with van der Waals surface area (Å²) in [4.78, 5) is 39.3. The van der Waals surface area contributed by atoms with Crippen molar-refractivity contribution in [2.24, 2.45) is 7.05 Å². The molecule has 0 aliphatic carbocycles. The number of carbonyl (C=O) groups excluding carboxylic acids is 3. The Morgan fingerprint density at radius 3 is 2.62 bits per heavy atom. The van der Waals surface area contributed by atoms with Gasteiger partial charge in [-0.2, -0.15) is 0 Å². The second-order valence-electron chi connectivity index (χ2n) is 6.27. The number of carbonyl (C=O) groups is 3. The lowest BCUT2D eigenvalue weighted by molar-refractivity contribution is -0.128. The maximum absolute atomic E-state index is 13.0. The number of nitrogens with one attached hydrogen (secondary N) is 1. The largest absolute Gasteiger partial charge is 0.356 e. The third-order valence-corrected chi connectivity index (χ3v) is 5.07. The van der Waals surface area contributed by atoms with Crippen LogP contribution in [-0.4, -0.2) is 38.7 Å². The Morgan fingerprint density at radius 2 is 1.97 bits per heavy atom. The van der Waals surface area contributed by atoms with Gasteiger partial charge in [-0.25, -0.2) is 0 Å². The number of hydrogen-bond donors (Lipinski definition) is 1. The molecule has 1 aliphatic rings. The van der Waals surface area contributed by atoms with Crippen LogP contribution in [0.4, 0.5) is 0 Å². The number of aromatic nitrogens is 1. The van der Waals surface area contributed by atoms with Crippen molar-refractivity contribution >= 4 is 64.2 Å². The zero-order chi connectivity index (χ0) is 21.3. The number of aryl methyl sites for hydroxylation is 1. The van der Waals surface area contributed by atoms with Crippen LogP contribution >= 0.6 is 35.4 Å². The van der Waals surface area contributed by atoms with Crippen LogP contribution < -0.4 is 5.32 Å². The summed E-state index contributed by atoms with van der Waals surface area (Å²) >= 11 is 17.1. The molecule has 0 atom stereocenters. The number of hydrogen-bond acceptors (Lipinski definition) is 4. The first-order valence-corrected chi connectivity index (χ1v) is 9.54. The zero-order valence-corrected chi connectivity index (χ0v) is 17.6. The number of nitrogens with zero attached hydrogens (tertiary/aromatic N) is 2. The van der Waals surface area contributed by atoms with Crippen molar-refractivity contribution in [1.29, 1.82) is 0 Å². The summed E-state index contributed by atoms with van der Waals surface area (Å²) in [6.07, 6.45) is 6.10. The molecule has 0 spiro atoms. The molecule has 1 N–H and O–H groups in total. The van der Waals surface area contributed by atoms with E-state index in [1.807, 2.05) is 0 Å². The molecule has 1 aromatic heterocycles. The first-order chi connectivity index (χ1) is 13.7. The lowest BCUT2D eigenvalue weighted by Gasteiger charge is -2.27. The fourth-order valence-corrected chi connectivity index (χ4v) is 3.62. The number of halogens is 2. The van der Waals surface area contributed by atoms with Crippen LogP contribution in [0.5, 0.6) is 0 Å². The predicted octanol–water partition coefficient (Wildman–Crippen LogP) is 3.38. The molecule has 0 bridgehead atoms. The standard InChI is InChI=1S/C20H15Cl2N3O3S/c1-3-6-25-19(28)14(18(27)23-20(25)29)7-11-9-24(2)10-15(11)17(26)13-5-4-12(21)8-16(13)22/h3-5,7-10H,1,6H2,2H3,(H,23,27,29). The van der Waals surface area contributed by atoms with Crippen LogP contribution in [0.15, 0.2) is 48.8 Å². The fourth-order valence-electron chi connectivity index (χ4n) is 2.87. The molecule has 9 heteroatoms. The number of rotatable bonds is 5. The Balaban J connectivity index is 2.05. The van der Waals surface area contributed by atoms with Gasteiger partial charge in [-0.15, -0.1) is 6.58 Å². The Morgan fingerprint density at radius 1 is 1.24 bits per heavy atom. The topological polar surface area (TPSA) is 71.4 Å². The van der Waals surface area contributed by atoms with Gasteiger partial charge in [-0.1, -0.05) is 29.3 Å². The minimum atomic E-state index is -0.632. The Kier molecular flexibility index (Phi) is 6.02. The van der Waals surface area contributed by atoms with Crippen LogP contribution in [-0.2, 0) is 16.6 Å². The van der Waals surface area contributed by atoms with Crippen molar-refractivity contribution in [1.82, 2.24) is 14.8 Å². The van der Waals surface area contributed by atoms with Crippen LogP contribution in [0.1, 0.15) is 21.5 Å². The number of benzene rings is 1. The smallest absolute Gasteiger partial charge is 0.265 e. The summed E-state index contributed by atoms with van der Waals surface area (Å²) in [6.45, 7) is 3.73.